The molecule has 0 heterocycles. The quantitative estimate of drug-likeness (QED) is 0.756. The van der Waals surface area contributed by atoms with E-state index in [1.807, 2.05) is 31.3 Å². The van der Waals surface area contributed by atoms with E-state index in [2.05, 4.69) is 11.9 Å². The molecule has 1 rings (SSSR count). The zero-order chi connectivity index (χ0) is 8.97. The van der Waals surface area contributed by atoms with Crippen molar-refractivity contribution in [2.75, 3.05) is 7.05 Å². The summed E-state index contributed by atoms with van der Waals surface area (Å²) in [4.78, 5) is 0. The second-order valence-corrected chi connectivity index (χ2v) is 3.01. The summed E-state index contributed by atoms with van der Waals surface area (Å²) in [6, 6.07) is 5.80. The van der Waals surface area contributed by atoms with Gasteiger partial charge in [0.1, 0.15) is 0 Å². The monoisotopic (exact) mass is 181 g/mol. The standard InChI is InChI=1S/C10H12ClN/c1-3-8-4-5-10(11)6-9(8)7-12-2/h3-6,12H,1,7H2,2H3. The van der Waals surface area contributed by atoms with Crippen LogP contribution in [0.4, 0.5) is 0 Å². The van der Waals surface area contributed by atoms with E-state index >= 15 is 0 Å². The van der Waals surface area contributed by atoms with E-state index < -0.39 is 0 Å². The fourth-order valence-electron chi connectivity index (χ4n) is 1.12. The molecular formula is C10H12ClN. The van der Waals surface area contributed by atoms with Gasteiger partial charge in [0.05, 0.1) is 0 Å². The summed E-state index contributed by atoms with van der Waals surface area (Å²) in [5, 5.41) is 3.85. The molecule has 2 heteroatoms. The predicted molar refractivity (Wildman–Crippen MR) is 54.3 cm³/mol. The fourth-order valence-corrected chi connectivity index (χ4v) is 1.31. The average molecular weight is 182 g/mol. The van der Waals surface area contributed by atoms with Gasteiger partial charge in [0, 0.05) is 11.6 Å². The molecular weight excluding hydrogens is 170 g/mol. The average Bonchev–Trinajstić information content (AvgIpc) is 2.05. The lowest BCUT2D eigenvalue weighted by molar-refractivity contribution is 0.816. The molecule has 0 saturated carbocycles. The number of hydrogen-bond donors (Lipinski definition) is 1. The van der Waals surface area contributed by atoms with E-state index in [9.17, 15) is 0 Å². The van der Waals surface area contributed by atoms with Crippen molar-refractivity contribution in [2.24, 2.45) is 0 Å². The highest BCUT2D eigenvalue weighted by molar-refractivity contribution is 6.30. The zero-order valence-electron chi connectivity index (χ0n) is 7.10. The molecule has 0 aliphatic rings. The smallest absolute Gasteiger partial charge is 0.0409 e. The van der Waals surface area contributed by atoms with Gasteiger partial charge in [0.15, 0.2) is 0 Å². The summed E-state index contributed by atoms with van der Waals surface area (Å²) in [6.45, 7) is 4.55. The van der Waals surface area contributed by atoms with E-state index in [4.69, 9.17) is 11.6 Å². The molecule has 0 atom stereocenters. The maximum atomic E-state index is 5.85. The van der Waals surface area contributed by atoms with Crippen molar-refractivity contribution >= 4 is 17.7 Å². The Morgan fingerprint density at radius 3 is 2.92 bits per heavy atom. The van der Waals surface area contributed by atoms with Crippen molar-refractivity contribution in [1.82, 2.24) is 5.32 Å². The number of benzene rings is 1. The predicted octanol–water partition coefficient (Wildman–Crippen LogP) is 2.70. The van der Waals surface area contributed by atoms with Crippen molar-refractivity contribution in [2.45, 2.75) is 6.54 Å². The van der Waals surface area contributed by atoms with E-state index in [0.29, 0.717) is 0 Å². The molecule has 0 aliphatic carbocycles. The Hall–Kier alpha value is -0.790. The van der Waals surface area contributed by atoms with Crippen molar-refractivity contribution in [3.05, 3.63) is 40.9 Å². The molecule has 0 amide bonds. The van der Waals surface area contributed by atoms with Gasteiger partial charge < -0.3 is 5.32 Å². The van der Waals surface area contributed by atoms with Crippen LogP contribution in [0.3, 0.4) is 0 Å². The van der Waals surface area contributed by atoms with Crippen LogP contribution in [-0.2, 0) is 6.54 Å². The van der Waals surface area contributed by atoms with Gasteiger partial charge in [-0.1, -0.05) is 30.3 Å². The van der Waals surface area contributed by atoms with Crippen LogP contribution in [0.5, 0.6) is 0 Å². The Morgan fingerprint density at radius 2 is 2.33 bits per heavy atom. The first-order valence-corrected chi connectivity index (χ1v) is 4.21. The SMILES string of the molecule is C=Cc1ccc(Cl)cc1CNC. The molecule has 0 unspecified atom stereocenters. The summed E-state index contributed by atoms with van der Waals surface area (Å²) < 4.78 is 0. The van der Waals surface area contributed by atoms with E-state index in [1.165, 1.54) is 5.56 Å². The van der Waals surface area contributed by atoms with Crippen LogP contribution >= 0.6 is 11.6 Å². The third kappa shape index (κ3) is 2.10. The largest absolute Gasteiger partial charge is 0.316 e. The second kappa shape index (κ2) is 4.29. The lowest BCUT2D eigenvalue weighted by atomic mass is 10.1. The Labute approximate surface area is 78.1 Å². The summed E-state index contributed by atoms with van der Waals surface area (Å²) in [7, 11) is 1.91. The highest BCUT2D eigenvalue weighted by Gasteiger charge is 1.98. The van der Waals surface area contributed by atoms with Gasteiger partial charge >= 0.3 is 0 Å². The number of rotatable bonds is 3. The first kappa shape index (κ1) is 9.30. The molecule has 0 saturated heterocycles. The fraction of sp³-hybridized carbons (Fsp3) is 0.200. The third-order valence-electron chi connectivity index (χ3n) is 1.69. The Bertz CT molecular complexity index is 281. The summed E-state index contributed by atoms with van der Waals surface area (Å²) >= 11 is 5.85. The molecule has 1 aromatic rings. The molecule has 1 N–H and O–H groups in total. The lowest BCUT2D eigenvalue weighted by Crippen LogP contribution is -2.06. The molecule has 0 spiro atoms. The summed E-state index contributed by atoms with van der Waals surface area (Å²) in [5.41, 5.74) is 2.31. The molecule has 1 aromatic carbocycles. The third-order valence-corrected chi connectivity index (χ3v) is 1.93. The van der Waals surface area contributed by atoms with Crippen molar-refractivity contribution in [3.63, 3.8) is 0 Å². The molecule has 12 heavy (non-hydrogen) atoms. The van der Waals surface area contributed by atoms with E-state index in [-0.39, 0.29) is 0 Å². The van der Waals surface area contributed by atoms with Gasteiger partial charge in [0.25, 0.3) is 0 Å². The lowest BCUT2D eigenvalue weighted by Gasteiger charge is -2.05. The normalized spacial score (nSPS) is 9.83. The molecule has 64 valence electrons. The van der Waals surface area contributed by atoms with Crippen LogP contribution in [0, 0.1) is 0 Å². The van der Waals surface area contributed by atoms with Crippen LogP contribution in [-0.4, -0.2) is 7.05 Å². The van der Waals surface area contributed by atoms with Crippen LogP contribution in [0.2, 0.25) is 5.02 Å². The zero-order valence-corrected chi connectivity index (χ0v) is 7.86. The Kier molecular flexibility index (Phi) is 3.32. The maximum absolute atomic E-state index is 5.85. The topological polar surface area (TPSA) is 12.0 Å². The second-order valence-electron chi connectivity index (χ2n) is 2.58. The minimum Gasteiger partial charge on any atom is -0.316 e. The number of nitrogens with one attached hydrogen (secondary N) is 1. The van der Waals surface area contributed by atoms with Crippen LogP contribution in [0.15, 0.2) is 24.8 Å². The first-order chi connectivity index (χ1) is 5.77. The number of hydrogen-bond acceptors (Lipinski definition) is 1. The van der Waals surface area contributed by atoms with Gasteiger partial charge in [-0.2, -0.15) is 0 Å². The van der Waals surface area contributed by atoms with Crippen molar-refractivity contribution < 1.29 is 0 Å². The Balaban J connectivity index is 3.03. The Morgan fingerprint density at radius 1 is 1.58 bits per heavy atom. The molecule has 0 radical (unpaired) electrons. The minimum absolute atomic E-state index is 0.769. The van der Waals surface area contributed by atoms with Gasteiger partial charge in [-0.15, -0.1) is 0 Å². The maximum Gasteiger partial charge on any atom is 0.0409 e. The van der Waals surface area contributed by atoms with Crippen LogP contribution < -0.4 is 5.32 Å². The summed E-state index contributed by atoms with van der Waals surface area (Å²) in [6.07, 6.45) is 1.84. The highest BCUT2D eigenvalue weighted by atomic mass is 35.5. The molecule has 0 aliphatic heterocycles. The first-order valence-electron chi connectivity index (χ1n) is 3.83. The van der Waals surface area contributed by atoms with E-state index in [0.717, 1.165) is 17.1 Å². The van der Waals surface area contributed by atoms with Crippen molar-refractivity contribution in [1.29, 1.82) is 0 Å². The van der Waals surface area contributed by atoms with Crippen molar-refractivity contribution in [3.8, 4) is 0 Å². The highest BCUT2D eigenvalue weighted by Crippen LogP contribution is 2.16. The molecule has 1 nitrogen and oxygen atoms in total. The minimum atomic E-state index is 0.769. The van der Waals surface area contributed by atoms with Crippen LogP contribution in [0.25, 0.3) is 6.08 Å². The van der Waals surface area contributed by atoms with E-state index in [1.54, 1.807) is 0 Å². The number of halogens is 1. The molecule has 0 bridgehead atoms. The van der Waals surface area contributed by atoms with Gasteiger partial charge in [0.2, 0.25) is 0 Å². The van der Waals surface area contributed by atoms with Gasteiger partial charge in [-0.05, 0) is 30.3 Å². The van der Waals surface area contributed by atoms with Gasteiger partial charge in [-0.3, -0.25) is 0 Å². The molecule has 0 fully saturated rings. The summed E-state index contributed by atoms with van der Waals surface area (Å²) in [5.74, 6) is 0. The van der Waals surface area contributed by atoms with Crippen LogP contribution in [0.1, 0.15) is 11.1 Å². The van der Waals surface area contributed by atoms with Gasteiger partial charge in [-0.25, -0.2) is 0 Å². The molecule has 0 aromatic heterocycles.